The van der Waals surface area contributed by atoms with E-state index in [9.17, 15) is 8.78 Å². The van der Waals surface area contributed by atoms with Crippen LogP contribution in [0.5, 0.6) is 0 Å². The number of alkyl halides is 2. The van der Waals surface area contributed by atoms with Crippen molar-refractivity contribution in [2.45, 2.75) is 90.1 Å². The zero-order chi connectivity index (χ0) is 23.5. The van der Waals surface area contributed by atoms with Crippen LogP contribution in [0.25, 0.3) is 0 Å². The lowest BCUT2D eigenvalue weighted by atomic mass is 9.73. The van der Waals surface area contributed by atoms with E-state index in [-0.39, 0.29) is 30.8 Å². The van der Waals surface area contributed by atoms with Crippen molar-refractivity contribution in [2.75, 3.05) is 6.61 Å². The van der Waals surface area contributed by atoms with Crippen LogP contribution in [0.2, 0.25) is 0 Å². The number of hydrogen-bond acceptors (Lipinski definition) is 1. The van der Waals surface area contributed by atoms with Gasteiger partial charge in [0.2, 0.25) is 5.92 Å². The molecule has 0 N–H and O–H groups in total. The molecule has 0 amide bonds. The molecule has 0 saturated heterocycles. The minimum Gasteiger partial charge on any atom is -0.373 e. The van der Waals surface area contributed by atoms with Gasteiger partial charge in [-0.3, -0.25) is 0 Å². The first-order valence-electron chi connectivity index (χ1n) is 13.0. The lowest BCUT2D eigenvalue weighted by Crippen LogP contribution is -2.29. The van der Waals surface area contributed by atoms with Crippen LogP contribution in [0.15, 0.2) is 60.7 Å². The van der Waals surface area contributed by atoms with Crippen molar-refractivity contribution >= 4 is 0 Å². The lowest BCUT2D eigenvalue weighted by molar-refractivity contribution is -0.0580. The van der Waals surface area contributed by atoms with Gasteiger partial charge in [-0.2, -0.15) is 0 Å². The number of rotatable bonds is 13. The summed E-state index contributed by atoms with van der Waals surface area (Å²) in [4.78, 5) is 0. The fourth-order valence-electron chi connectivity index (χ4n) is 5.51. The van der Waals surface area contributed by atoms with Crippen LogP contribution in [0.4, 0.5) is 8.78 Å². The smallest absolute Gasteiger partial charge is 0.248 e. The number of hydrogen-bond donors (Lipinski definition) is 0. The Labute approximate surface area is 199 Å². The zero-order valence-electron chi connectivity index (χ0n) is 20.5. The van der Waals surface area contributed by atoms with E-state index in [1.54, 1.807) is 0 Å². The molecule has 2 unspecified atom stereocenters. The topological polar surface area (TPSA) is 9.23 Å². The molecular weight excluding hydrogens is 414 g/mol. The van der Waals surface area contributed by atoms with Gasteiger partial charge in [0.1, 0.15) is 0 Å². The quantitative estimate of drug-likeness (QED) is 0.273. The molecular formula is C30H42F2O. The summed E-state index contributed by atoms with van der Waals surface area (Å²) in [7, 11) is 0. The molecule has 1 aliphatic carbocycles. The Morgan fingerprint density at radius 3 is 2.18 bits per heavy atom. The lowest BCUT2D eigenvalue weighted by Gasteiger charge is -2.37. The highest BCUT2D eigenvalue weighted by molar-refractivity contribution is 5.19. The zero-order valence-corrected chi connectivity index (χ0v) is 20.5. The molecule has 1 saturated carbocycles. The van der Waals surface area contributed by atoms with E-state index in [1.165, 1.54) is 24.8 Å². The maximum atomic E-state index is 14.7. The molecule has 2 aromatic carbocycles. The van der Waals surface area contributed by atoms with Crippen molar-refractivity contribution < 1.29 is 13.5 Å². The van der Waals surface area contributed by atoms with E-state index in [2.05, 4.69) is 36.4 Å². The summed E-state index contributed by atoms with van der Waals surface area (Å²) in [6.07, 6.45) is 8.22. The van der Waals surface area contributed by atoms with Gasteiger partial charge in [0.25, 0.3) is 0 Å². The standard InChI is InChI=1S/C30H42F2O/c1-24(2)23-30(31,32)21-20-28(26-16-8-4-9-17-26)29(27-18-10-5-11-19-27)33-22-12-15-25-13-6-3-7-14-25/h3,5-7,10-11,13-14,18-19,24,26,28-29H,4,8-9,12,15-17,20-23H2,1-2H3. The molecule has 3 heteroatoms. The van der Waals surface area contributed by atoms with Crippen LogP contribution >= 0.6 is 0 Å². The average Bonchev–Trinajstić information content (AvgIpc) is 2.81. The number of halogens is 2. The minimum absolute atomic E-state index is 0.00675. The third-order valence-corrected chi connectivity index (χ3v) is 7.07. The van der Waals surface area contributed by atoms with Gasteiger partial charge in [-0.25, -0.2) is 8.78 Å². The Balaban J connectivity index is 1.72. The first kappa shape index (κ1) is 25.9. The Hall–Kier alpha value is -1.74. The van der Waals surface area contributed by atoms with Gasteiger partial charge in [0, 0.05) is 19.4 Å². The summed E-state index contributed by atoms with van der Waals surface area (Å²) in [6.45, 7) is 4.42. The van der Waals surface area contributed by atoms with E-state index >= 15 is 0 Å². The molecule has 1 nitrogen and oxygen atoms in total. The molecule has 1 aliphatic rings. The van der Waals surface area contributed by atoms with Gasteiger partial charge in [0.15, 0.2) is 0 Å². The summed E-state index contributed by atoms with van der Waals surface area (Å²) < 4.78 is 36.0. The second-order valence-corrected chi connectivity index (χ2v) is 10.3. The molecule has 0 bridgehead atoms. The maximum absolute atomic E-state index is 14.7. The van der Waals surface area contributed by atoms with Gasteiger partial charge < -0.3 is 4.74 Å². The summed E-state index contributed by atoms with van der Waals surface area (Å²) in [5, 5.41) is 0. The predicted molar refractivity (Wildman–Crippen MR) is 134 cm³/mol. The van der Waals surface area contributed by atoms with Gasteiger partial charge >= 0.3 is 0 Å². The second kappa shape index (κ2) is 13.2. The van der Waals surface area contributed by atoms with Crippen molar-refractivity contribution in [1.82, 2.24) is 0 Å². The summed E-state index contributed by atoms with van der Waals surface area (Å²) in [5.74, 6) is -1.99. The van der Waals surface area contributed by atoms with E-state index < -0.39 is 5.92 Å². The third kappa shape index (κ3) is 8.85. The number of aryl methyl sites for hydroxylation is 1. The predicted octanol–water partition coefficient (Wildman–Crippen LogP) is 9.04. The van der Waals surface area contributed by atoms with Crippen LogP contribution in [-0.4, -0.2) is 12.5 Å². The summed E-state index contributed by atoms with van der Waals surface area (Å²) in [5.41, 5.74) is 2.45. The normalized spacial score (nSPS) is 17.2. The summed E-state index contributed by atoms with van der Waals surface area (Å²) >= 11 is 0. The third-order valence-electron chi connectivity index (χ3n) is 7.07. The van der Waals surface area contributed by atoms with Crippen molar-refractivity contribution in [3.05, 3.63) is 71.8 Å². The van der Waals surface area contributed by atoms with Crippen molar-refractivity contribution in [2.24, 2.45) is 17.8 Å². The average molecular weight is 457 g/mol. The SMILES string of the molecule is CC(C)CC(F)(F)CCC(C1CCCCC1)C(OCCCc1ccccc1)c1ccccc1. The van der Waals surface area contributed by atoms with E-state index in [0.717, 1.165) is 31.2 Å². The molecule has 0 aromatic heterocycles. The van der Waals surface area contributed by atoms with Crippen LogP contribution in [0.1, 0.15) is 88.9 Å². The van der Waals surface area contributed by atoms with Crippen LogP contribution in [-0.2, 0) is 11.2 Å². The Kier molecular flexibility index (Phi) is 10.4. The second-order valence-electron chi connectivity index (χ2n) is 10.3. The van der Waals surface area contributed by atoms with Crippen molar-refractivity contribution in [3.63, 3.8) is 0 Å². The highest BCUT2D eigenvalue weighted by atomic mass is 19.3. The monoisotopic (exact) mass is 456 g/mol. The molecule has 0 heterocycles. The number of ether oxygens (including phenoxy) is 1. The molecule has 2 atom stereocenters. The Bertz CT molecular complexity index is 768. The van der Waals surface area contributed by atoms with Crippen LogP contribution in [0, 0.1) is 17.8 Å². The minimum atomic E-state index is -2.60. The molecule has 33 heavy (non-hydrogen) atoms. The molecule has 182 valence electrons. The van der Waals surface area contributed by atoms with Crippen molar-refractivity contribution in [3.8, 4) is 0 Å². The van der Waals surface area contributed by atoms with E-state index in [0.29, 0.717) is 18.9 Å². The molecule has 0 aliphatic heterocycles. The fraction of sp³-hybridized carbons (Fsp3) is 0.600. The van der Waals surface area contributed by atoms with Crippen molar-refractivity contribution in [1.29, 1.82) is 0 Å². The first-order chi connectivity index (χ1) is 15.9. The fourth-order valence-corrected chi connectivity index (χ4v) is 5.51. The Morgan fingerprint density at radius 2 is 1.55 bits per heavy atom. The highest BCUT2D eigenvalue weighted by Crippen LogP contribution is 2.43. The molecule has 1 fully saturated rings. The van der Waals surface area contributed by atoms with Gasteiger partial charge in [-0.15, -0.1) is 0 Å². The molecule has 0 spiro atoms. The van der Waals surface area contributed by atoms with Crippen LogP contribution in [0.3, 0.4) is 0 Å². The number of benzene rings is 2. The highest BCUT2D eigenvalue weighted by Gasteiger charge is 2.36. The molecule has 3 rings (SSSR count). The van der Waals surface area contributed by atoms with Gasteiger partial charge in [-0.05, 0) is 48.1 Å². The van der Waals surface area contributed by atoms with Crippen LogP contribution < -0.4 is 0 Å². The van der Waals surface area contributed by atoms with E-state index in [1.807, 2.05) is 38.1 Å². The Morgan fingerprint density at radius 1 is 0.909 bits per heavy atom. The molecule has 2 aromatic rings. The summed E-state index contributed by atoms with van der Waals surface area (Å²) in [6, 6.07) is 20.8. The maximum Gasteiger partial charge on any atom is 0.248 e. The van der Waals surface area contributed by atoms with E-state index in [4.69, 9.17) is 4.74 Å². The molecule has 0 radical (unpaired) electrons. The van der Waals surface area contributed by atoms with Gasteiger partial charge in [0.05, 0.1) is 6.10 Å². The van der Waals surface area contributed by atoms with Gasteiger partial charge in [-0.1, -0.05) is 107 Å². The first-order valence-corrected chi connectivity index (χ1v) is 13.0. The largest absolute Gasteiger partial charge is 0.373 e.